The average molecular weight is 666 g/mol. The van der Waals surface area contributed by atoms with E-state index >= 15 is 0 Å². The molecule has 7 aromatic carbocycles. The molecule has 0 saturated heterocycles. The Balaban J connectivity index is 1.10. The molecule has 11 aromatic rings. The second kappa shape index (κ2) is 11.2. The molecular formula is C46H27N5O. The molecule has 0 amide bonds. The molecule has 0 fully saturated rings. The quantitative estimate of drug-likeness (QED) is 0.175. The van der Waals surface area contributed by atoms with Crippen molar-refractivity contribution in [3.05, 3.63) is 164 Å². The highest BCUT2D eigenvalue weighted by molar-refractivity contribution is 6.24. The Labute approximate surface area is 297 Å². The number of benzene rings is 7. The molecule has 52 heavy (non-hydrogen) atoms. The zero-order valence-electron chi connectivity index (χ0n) is 27.7. The Hall–Kier alpha value is -7.18. The lowest BCUT2D eigenvalue weighted by atomic mass is 9.98. The first-order valence-corrected chi connectivity index (χ1v) is 17.3. The van der Waals surface area contributed by atoms with E-state index in [4.69, 9.17) is 24.4 Å². The lowest BCUT2D eigenvalue weighted by molar-refractivity contribution is 0.669. The fourth-order valence-electron chi connectivity index (χ4n) is 7.55. The molecule has 0 bridgehead atoms. The molecule has 6 heteroatoms. The van der Waals surface area contributed by atoms with Gasteiger partial charge in [-0.15, -0.1) is 0 Å². The average Bonchev–Trinajstić information content (AvgIpc) is 3.80. The van der Waals surface area contributed by atoms with Crippen molar-refractivity contribution < 1.29 is 4.42 Å². The first kappa shape index (κ1) is 28.6. The number of hydrogen-bond donors (Lipinski definition) is 0. The van der Waals surface area contributed by atoms with E-state index in [0.29, 0.717) is 17.5 Å². The summed E-state index contributed by atoms with van der Waals surface area (Å²) >= 11 is 0. The third-order valence-electron chi connectivity index (χ3n) is 10.0. The Bertz CT molecular complexity index is 3130. The monoisotopic (exact) mass is 665 g/mol. The smallest absolute Gasteiger partial charge is 0.164 e. The summed E-state index contributed by atoms with van der Waals surface area (Å²) in [4.78, 5) is 20.2. The molecule has 0 aliphatic rings. The summed E-state index contributed by atoms with van der Waals surface area (Å²) in [5, 5.41) is 6.70. The SMILES string of the molecule is c1ccc(-c2nc(-c3ccccc3)nc(-c3ccc4c(c3)c3ccccc3c3nc5cc(-c6ccc7oc8ccccc8c7c6)ccn5c43)n2)cc1. The summed E-state index contributed by atoms with van der Waals surface area (Å²) in [5.74, 6) is 1.91. The van der Waals surface area contributed by atoms with Crippen molar-refractivity contribution in [1.29, 1.82) is 0 Å². The van der Waals surface area contributed by atoms with E-state index in [2.05, 4.69) is 95.5 Å². The van der Waals surface area contributed by atoms with Gasteiger partial charge in [0.15, 0.2) is 17.5 Å². The first-order valence-electron chi connectivity index (χ1n) is 17.3. The van der Waals surface area contributed by atoms with Gasteiger partial charge in [0, 0.05) is 44.4 Å². The molecule has 6 nitrogen and oxygen atoms in total. The fraction of sp³-hybridized carbons (Fsp3) is 0. The zero-order chi connectivity index (χ0) is 34.2. The van der Waals surface area contributed by atoms with E-state index in [-0.39, 0.29) is 0 Å². The maximum atomic E-state index is 6.10. The van der Waals surface area contributed by atoms with Crippen molar-refractivity contribution in [2.24, 2.45) is 0 Å². The maximum Gasteiger partial charge on any atom is 0.164 e. The van der Waals surface area contributed by atoms with Crippen LogP contribution in [0.5, 0.6) is 0 Å². The van der Waals surface area contributed by atoms with Gasteiger partial charge in [-0.25, -0.2) is 19.9 Å². The summed E-state index contributed by atoms with van der Waals surface area (Å²) in [5.41, 5.74) is 9.76. The van der Waals surface area contributed by atoms with Gasteiger partial charge in [-0.1, -0.05) is 121 Å². The molecule has 0 saturated carbocycles. The normalized spacial score (nSPS) is 11.8. The zero-order valence-corrected chi connectivity index (χ0v) is 27.7. The predicted molar refractivity (Wildman–Crippen MR) is 210 cm³/mol. The van der Waals surface area contributed by atoms with Gasteiger partial charge < -0.3 is 4.42 Å². The van der Waals surface area contributed by atoms with Crippen LogP contribution in [-0.4, -0.2) is 24.3 Å². The number of hydrogen-bond acceptors (Lipinski definition) is 5. The summed E-state index contributed by atoms with van der Waals surface area (Å²) in [6.07, 6.45) is 2.14. The number of pyridine rings is 1. The number of fused-ring (bicyclic) bond motifs is 11. The number of nitrogens with zero attached hydrogens (tertiary/aromatic N) is 5. The minimum absolute atomic E-state index is 0.629. The Morgan fingerprint density at radius 3 is 1.69 bits per heavy atom. The second-order valence-electron chi connectivity index (χ2n) is 13.1. The Kier molecular flexibility index (Phi) is 6.15. The minimum Gasteiger partial charge on any atom is -0.456 e. The van der Waals surface area contributed by atoms with E-state index in [1.54, 1.807) is 0 Å². The molecular weight excluding hydrogens is 639 g/mol. The van der Waals surface area contributed by atoms with Crippen LogP contribution in [0.1, 0.15) is 0 Å². The number of imidazole rings is 1. The largest absolute Gasteiger partial charge is 0.456 e. The van der Waals surface area contributed by atoms with Gasteiger partial charge >= 0.3 is 0 Å². The fourth-order valence-corrected chi connectivity index (χ4v) is 7.55. The first-order chi connectivity index (χ1) is 25.7. The van der Waals surface area contributed by atoms with Crippen molar-refractivity contribution in [1.82, 2.24) is 24.3 Å². The third kappa shape index (κ3) is 4.44. The standard InChI is InChI=1S/C46H27N5O/c1-3-11-28(12-4-1)44-48-45(29-13-5-2-6-14-29)50-46(49-44)32-19-21-36-37(26-32)33-15-7-8-17-35(33)42-43(36)51-24-23-31(27-41(51)47-42)30-20-22-40-38(25-30)34-16-9-10-18-39(34)52-40/h1-27H. The molecule has 4 heterocycles. The molecule has 0 radical (unpaired) electrons. The summed E-state index contributed by atoms with van der Waals surface area (Å²) < 4.78 is 8.31. The predicted octanol–water partition coefficient (Wildman–Crippen LogP) is 11.5. The highest BCUT2D eigenvalue weighted by atomic mass is 16.3. The number of para-hydroxylation sites is 1. The number of aromatic nitrogens is 5. The third-order valence-corrected chi connectivity index (χ3v) is 10.0. The van der Waals surface area contributed by atoms with Gasteiger partial charge in [0.05, 0.1) is 11.0 Å². The highest BCUT2D eigenvalue weighted by Crippen LogP contribution is 2.39. The molecule has 0 aliphatic heterocycles. The number of furan rings is 1. The van der Waals surface area contributed by atoms with Crippen molar-refractivity contribution in [3.63, 3.8) is 0 Å². The Morgan fingerprint density at radius 2 is 0.942 bits per heavy atom. The lowest BCUT2D eigenvalue weighted by Crippen LogP contribution is -2.00. The lowest BCUT2D eigenvalue weighted by Gasteiger charge is -2.11. The van der Waals surface area contributed by atoms with E-state index < -0.39 is 0 Å². The van der Waals surface area contributed by atoms with Crippen LogP contribution in [0, 0.1) is 0 Å². The van der Waals surface area contributed by atoms with Crippen LogP contribution >= 0.6 is 0 Å². The van der Waals surface area contributed by atoms with Crippen LogP contribution < -0.4 is 0 Å². The molecule has 0 unspecified atom stereocenters. The van der Waals surface area contributed by atoms with Gasteiger partial charge in [0.2, 0.25) is 0 Å². The second-order valence-corrected chi connectivity index (χ2v) is 13.1. The van der Waals surface area contributed by atoms with E-state index in [1.807, 2.05) is 72.8 Å². The van der Waals surface area contributed by atoms with Crippen LogP contribution in [-0.2, 0) is 0 Å². The van der Waals surface area contributed by atoms with E-state index in [1.165, 1.54) is 0 Å². The molecule has 0 aliphatic carbocycles. The van der Waals surface area contributed by atoms with Gasteiger partial charge in [0.25, 0.3) is 0 Å². The summed E-state index contributed by atoms with van der Waals surface area (Å²) in [6, 6.07) is 54.2. The highest BCUT2D eigenvalue weighted by Gasteiger charge is 2.18. The van der Waals surface area contributed by atoms with Crippen molar-refractivity contribution in [3.8, 4) is 45.3 Å². The molecule has 4 aromatic heterocycles. The van der Waals surface area contributed by atoms with Gasteiger partial charge in [-0.2, -0.15) is 0 Å². The van der Waals surface area contributed by atoms with Crippen LogP contribution in [0.2, 0.25) is 0 Å². The van der Waals surface area contributed by atoms with Gasteiger partial charge in [0.1, 0.15) is 16.8 Å². The topological polar surface area (TPSA) is 69.1 Å². The maximum absolute atomic E-state index is 6.10. The van der Waals surface area contributed by atoms with Crippen molar-refractivity contribution >= 4 is 60.2 Å². The van der Waals surface area contributed by atoms with E-state index in [9.17, 15) is 0 Å². The van der Waals surface area contributed by atoms with Gasteiger partial charge in [-0.3, -0.25) is 4.40 Å². The molecule has 0 N–H and O–H groups in total. The molecule has 242 valence electrons. The van der Waals surface area contributed by atoms with Crippen LogP contribution in [0.25, 0.3) is 105 Å². The van der Waals surface area contributed by atoms with Crippen molar-refractivity contribution in [2.75, 3.05) is 0 Å². The molecule has 0 spiro atoms. The minimum atomic E-state index is 0.629. The summed E-state index contributed by atoms with van der Waals surface area (Å²) in [7, 11) is 0. The molecule has 11 rings (SSSR count). The molecule has 0 atom stereocenters. The van der Waals surface area contributed by atoms with Crippen LogP contribution in [0.15, 0.2) is 168 Å². The van der Waals surface area contributed by atoms with E-state index in [0.717, 1.165) is 88.0 Å². The van der Waals surface area contributed by atoms with Crippen LogP contribution in [0.3, 0.4) is 0 Å². The van der Waals surface area contributed by atoms with Crippen LogP contribution in [0.4, 0.5) is 0 Å². The van der Waals surface area contributed by atoms with Gasteiger partial charge in [-0.05, 0) is 58.3 Å². The summed E-state index contributed by atoms with van der Waals surface area (Å²) in [6.45, 7) is 0. The number of rotatable bonds is 4. The Morgan fingerprint density at radius 1 is 0.365 bits per heavy atom. The van der Waals surface area contributed by atoms with Crippen molar-refractivity contribution in [2.45, 2.75) is 0 Å².